The minimum atomic E-state index is -0.236. The third-order valence-corrected chi connectivity index (χ3v) is 6.92. The van der Waals surface area contributed by atoms with Crippen LogP contribution in [0.25, 0.3) is 6.08 Å². The van der Waals surface area contributed by atoms with Crippen LogP contribution in [0, 0.1) is 0 Å². The first-order valence-corrected chi connectivity index (χ1v) is 12.6. The number of carbonyl (C=O) groups excluding carboxylic acids is 2. The van der Waals surface area contributed by atoms with Crippen molar-refractivity contribution in [3.8, 4) is 0 Å². The van der Waals surface area contributed by atoms with Crippen LogP contribution in [0.3, 0.4) is 0 Å². The minimum absolute atomic E-state index is 0.0216. The molecule has 3 rings (SSSR count). The summed E-state index contributed by atoms with van der Waals surface area (Å²) in [6.07, 6.45) is 4.91. The maximum atomic E-state index is 13.0. The molecule has 1 saturated heterocycles. The Morgan fingerprint density at radius 2 is 1.64 bits per heavy atom. The predicted octanol–water partition coefficient (Wildman–Crippen LogP) is 6.28. The van der Waals surface area contributed by atoms with Gasteiger partial charge in [-0.05, 0) is 50.8 Å². The van der Waals surface area contributed by atoms with Crippen molar-refractivity contribution < 1.29 is 9.59 Å². The fourth-order valence-electron chi connectivity index (χ4n) is 3.72. The Balaban J connectivity index is 1.46. The molecule has 0 N–H and O–H groups in total. The lowest BCUT2D eigenvalue weighted by molar-refractivity contribution is -0.137. The van der Waals surface area contributed by atoms with E-state index in [1.165, 1.54) is 11.8 Å². The van der Waals surface area contributed by atoms with E-state index in [2.05, 4.69) is 32.9 Å². The van der Waals surface area contributed by atoms with Gasteiger partial charge in [-0.25, -0.2) is 0 Å². The maximum absolute atomic E-state index is 13.0. The van der Waals surface area contributed by atoms with Gasteiger partial charge >= 0.3 is 0 Å². The number of amides is 2. The van der Waals surface area contributed by atoms with Crippen LogP contribution in [0.5, 0.6) is 0 Å². The molecule has 174 valence electrons. The second-order valence-corrected chi connectivity index (χ2v) is 10.9. The molecule has 4 nitrogen and oxygen atoms in total. The van der Waals surface area contributed by atoms with Crippen molar-refractivity contribution in [1.29, 1.82) is 0 Å². The predicted molar refractivity (Wildman–Crippen MR) is 142 cm³/mol. The van der Waals surface area contributed by atoms with Crippen molar-refractivity contribution in [2.75, 3.05) is 6.54 Å². The number of benzene rings is 2. The summed E-state index contributed by atoms with van der Waals surface area (Å²) >= 11 is 6.80. The molecular weight excluding hydrogens is 448 g/mol. The van der Waals surface area contributed by atoms with Gasteiger partial charge in [-0.1, -0.05) is 91.1 Å². The molecular formula is C27H32N2O2S2. The van der Waals surface area contributed by atoms with Gasteiger partial charge in [0, 0.05) is 25.0 Å². The van der Waals surface area contributed by atoms with Gasteiger partial charge in [-0.2, -0.15) is 0 Å². The highest BCUT2D eigenvalue weighted by molar-refractivity contribution is 8.26. The highest BCUT2D eigenvalue weighted by atomic mass is 32.2. The van der Waals surface area contributed by atoms with Crippen LogP contribution in [0.1, 0.15) is 57.6 Å². The number of nitrogens with zero attached hydrogens (tertiary/aromatic N) is 2. The monoisotopic (exact) mass is 480 g/mol. The molecule has 6 heteroatoms. The van der Waals surface area contributed by atoms with E-state index in [1.807, 2.05) is 59.5 Å². The van der Waals surface area contributed by atoms with Crippen molar-refractivity contribution >= 4 is 46.2 Å². The molecule has 0 spiro atoms. The summed E-state index contributed by atoms with van der Waals surface area (Å²) in [6.45, 7) is 7.44. The van der Waals surface area contributed by atoms with E-state index < -0.39 is 0 Å². The highest BCUT2D eigenvalue weighted by Crippen LogP contribution is 2.32. The van der Waals surface area contributed by atoms with Gasteiger partial charge in [0.05, 0.1) is 4.91 Å². The zero-order chi connectivity index (χ0) is 23.8. The molecule has 0 unspecified atom stereocenters. The third-order valence-electron chi connectivity index (χ3n) is 5.54. The quantitative estimate of drug-likeness (QED) is 0.241. The van der Waals surface area contributed by atoms with E-state index in [0.717, 1.165) is 30.4 Å². The molecule has 1 aliphatic heterocycles. The molecule has 1 aliphatic rings. The Morgan fingerprint density at radius 3 is 2.27 bits per heavy atom. The number of thioether (sulfide) groups is 1. The fourth-order valence-corrected chi connectivity index (χ4v) is 5.03. The van der Waals surface area contributed by atoms with Gasteiger partial charge in [0.1, 0.15) is 4.32 Å². The lowest BCUT2D eigenvalue weighted by atomic mass is 10.0. The molecule has 0 bridgehead atoms. The summed E-state index contributed by atoms with van der Waals surface area (Å²) in [5, 5.41) is 0. The number of thiocarbonyl (C=S) groups is 1. The first kappa shape index (κ1) is 25.2. The van der Waals surface area contributed by atoms with Crippen molar-refractivity contribution in [3.05, 3.63) is 76.7 Å². The standard InChI is InChI=1S/C27H32N2O2S2/c1-27(2,3)29(20-22-15-9-5-10-16-22)24(30)17-11-6-12-18-28-25(31)23(33-26(28)32)19-21-13-7-4-8-14-21/h4-5,7-10,13-16,19H,6,11-12,17-18,20H2,1-3H3/b23-19-. The van der Waals surface area contributed by atoms with Crippen LogP contribution in [-0.4, -0.2) is 38.0 Å². The molecule has 0 aromatic heterocycles. The van der Waals surface area contributed by atoms with Crippen molar-refractivity contribution in [2.45, 2.75) is 58.5 Å². The summed E-state index contributed by atoms with van der Waals surface area (Å²) in [5.41, 5.74) is 1.90. The Kier molecular flexibility index (Phi) is 8.87. The number of hydrogen-bond donors (Lipinski definition) is 0. The molecule has 2 amide bonds. The lowest BCUT2D eigenvalue weighted by Crippen LogP contribution is -2.45. The van der Waals surface area contributed by atoms with E-state index in [1.54, 1.807) is 4.90 Å². The van der Waals surface area contributed by atoms with Crippen molar-refractivity contribution in [1.82, 2.24) is 9.80 Å². The molecule has 2 aromatic rings. The molecule has 33 heavy (non-hydrogen) atoms. The molecule has 0 saturated carbocycles. The van der Waals surface area contributed by atoms with Gasteiger partial charge < -0.3 is 4.90 Å². The van der Waals surface area contributed by atoms with E-state index in [9.17, 15) is 9.59 Å². The lowest BCUT2D eigenvalue weighted by Gasteiger charge is -2.36. The van der Waals surface area contributed by atoms with Gasteiger partial charge in [-0.15, -0.1) is 0 Å². The van der Waals surface area contributed by atoms with E-state index in [0.29, 0.717) is 28.7 Å². The van der Waals surface area contributed by atoms with Gasteiger partial charge in [0.25, 0.3) is 5.91 Å². The molecule has 0 atom stereocenters. The van der Waals surface area contributed by atoms with Crippen LogP contribution < -0.4 is 0 Å². The number of rotatable bonds is 9. The summed E-state index contributed by atoms with van der Waals surface area (Å²) in [5.74, 6) is 0.148. The van der Waals surface area contributed by atoms with Crippen LogP contribution in [0.2, 0.25) is 0 Å². The van der Waals surface area contributed by atoms with Crippen LogP contribution in [0.4, 0.5) is 0 Å². The van der Waals surface area contributed by atoms with Crippen LogP contribution in [-0.2, 0) is 16.1 Å². The summed E-state index contributed by atoms with van der Waals surface area (Å²) in [7, 11) is 0. The summed E-state index contributed by atoms with van der Waals surface area (Å²) < 4.78 is 0.611. The Labute approximate surface area is 207 Å². The Bertz CT molecular complexity index is 998. The van der Waals surface area contributed by atoms with E-state index in [-0.39, 0.29) is 17.4 Å². The average Bonchev–Trinajstić information content (AvgIpc) is 3.05. The molecule has 0 radical (unpaired) electrons. The SMILES string of the molecule is CC(C)(C)N(Cc1ccccc1)C(=O)CCCCCN1C(=O)/C(=C/c2ccccc2)SC1=S. The normalized spacial score (nSPS) is 15.4. The maximum Gasteiger partial charge on any atom is 0.266 e. The van der Waals surface area contributed by atoms with Gasteiger partial charge in [-0.3, -0.25) is 14.5 Å². The molecule has 1 fully saturated rings. The van der Waals surface area contributed by atoms with Gasteiger partial charge in [0.15, 0.2) is 0 Å². The topological polar surface area (TPSA) is 40.6 Å². The van der Waals surface area contributed by atoms with Crippen LogP contribution >= 0.6 is 24.0 Å². The Hall–Kier alpha value is -2.44. The fraction of sp³-hybridized carbons (Fsp3) is 0.370. The van der Waals surface area contributed by atoms with E-state index >= 15 is 0 Å². The van der Waals surface area contributed by atoms with Gasteiger partial charge in [0.2, 0.25) is 5.91 Å². The Morgan fingerprint density at radius 1 is 1.00 bits per heavy atom. The highest BCUT2D eigenvalue weighted by Gasteiger charge is 2.31. The van der Waals surface area contributed by atoms with Crippen LogP contribution in [0.15, 0.2) is 65.6 Å². The largest absolute Gasteiger partial charge is 0.334 e. The van der Waals surface area contributed by atoms with E-state index in [4.69, 9.17) is 12.2 Å². The summed E-state index contributed by atoms with van der Waals surface area (Å²) in [4.78, 5) is 30.0. The number of unbranched alkanes of at least 4 members (excludes halogenated alkanes) is 2. The zero-order valence-electron chi connectivity index (χ0n) is 19.6. The minimum Gasteiger partial charge on any atom is -0.334 e. The first-order chi connectivity index (χ1) is 15.8. The number of hydrogen-bond acceptors (Lipinski definition) is 4. The number of carbonyl (C=O) groups is 2. The molecule has 2 aromatic carbocycles. The second kappa shape index (κ2) is 11.6. The zero-order valence-corrected chi connectivity index (χ0v) is 21.3. The summed E-state index contributed by atoms with van der Waals surface area (Å²) in [6, 6.07) is 19.9. The van der Waals surface area contributed by atoms with Crippen molar-refractivity contribution in [3.63, 3.8) is 0 Å². The van der Waals surface area contributed by atoms with Crippen molar-refractivity contribution in [2.24, 2.45) is 0 Å². The molecule has 1 heterocycles. The third kappa shape index (κ3) is 7.27. The molecule has 0 aliphatic carbocycles. The second-order valence-electron chi connectivity index (χ2n) is 9.19. The smallest absolute Gasteiger partial charge is 0.266 e. The average molecular weight is 481 g/mol. The first-order valence-electron chi connectivity index (χ1n) is 11.4.